The first kappa shape index (κ1) is 14.4. The van der Waals surface area contributed by atoms with Crippen LogP contribution in [0.25, 0.3) is 0 Å². The number of methoxy groups -OCH3 is 1. The summed E-state index contributed by atoms with van der Waals surface area (Å²) in [5, 5.41) is 18.4. The second-order valence-electron chi connectivity index (χ2n) is 4.08. The van der Waals surface area contributed by atoms with Gasteiger partial charge >= 0.3 is 5.97 Å². The SMILES string of the molecule is COc1cc(CNC(=O)c2cn(CC(=O)O)nn2)ccn1. The van der Waals surface area contributed by atoms with Gasteiger partial charge in [-0.25, -0.2) is 9.67 Å². The number of carbonyl (C=O) groups excluding carboxylic acids is 1. The lowest BCUT2D eigenvalue weighted by Gasteiger charge is -2.04. The Morgan fingerprint density at radius 3 is 3.00 bits per heavy atom. The first-order valence-corrected chi connectivity index (χ1v) is 5.97. The van der Waals surface area contributed by atoms with Crippen molar-refractivity contribution >= 4 is 11.9 Å². The van der Waals surface area contributed by atoms with Crippen LogP contribution in [-0.4, -0.2) is 44.1 Å². The molecule has 2 aromatic rings. The van der Waals surface area contributed by atoms with Crippen molar-refractivity contribution in [1.29, 1.82) is 0 Å². The minimum absolute atomic E-state index is 0.0530. The van der Waals surface area contributed by atoms with E-state index in [1.165, 1.54) is 13.3 Å². The van der Waals surface area contributed by atoms with Crippen LogP contribution in [0.1, 0.15) is 16.1 Å². The van der Waals surface area contributed by atoms with E-state index in [-0.39, 0.29) is 18.8 Å². The van der Waals surface area contributed by atoms with Crippen molar-refractivity contribution in [3.8, 4) is 5.88 Å². The summed E-state index contributed by atoms with van der Waals surface area (Å²) in [6, 6.07) is 3.44. The molecule has 1 amide bonds. The summed E-state index contributed by atoms with van der Waals surface area (Å²) in [4.78, 5) is 26.3. The quantitative estimate of drug-likeness (QED) is 0.749. The average Bonchev–Trinajstić information content (AvgIpc) is 2.92. The van der Waals surface area contributed by atoms with Gasteiger partial charge in [-0.3, -0.25) is 9.59 Å². The molecule has 0 aliphatic rings. The molecule has 0 spiro atoms. The van der Waals surface area contributed by atoms with E-state index in [4.69, 9.17) is 9.84 Å². The zero-order valence-corrected chi connectivity index (χ0v) is 11.2. The van der Waals surface area contributed by atoms with Crippen LogP contribution in [0.4, 0.5) is 0 Å². The highest BCUT2D eigenvalue weighted by atomic mass is 16.5. The monoisotopic (exact) mass is 291 g/mol. The molecule has 110 valence electrons. The number of carboxylic acid groups (broad SMARTS) is 1. The van der Waals surface area contributed by atoms with Crippen LogP contribution >= 0.6 is 0 Å². The van der Waals surface area contributed by atoms with Crippen LogP contribution in [0.15, 0.2) is 24.5 Å². The summed E-state index contributed by atoms with van der Waals surface area (Å²) in [7, 11) is 1.51. The van der Waals surface area contributed by atoms with Gasteiger partial charge in [-0.15, -0.1) is 5.10 Å². The fourth-order valence-electron chi connectivity index (χ4n) is 1.56. The molecule has 0 aliphatic heterocycles. The normalized spacial score (nSPS) is 10.1. The molecule has 0 radical (unpaired) electrons. The van der Waals surface area contributed by atoms with Crippen molar-refractivity contribution in [1.82, 2.24) is 25.3 Å². The van der Waals surface area contributed by atoms with Crippen LogP contribution in [0.5, 0.6) is 5.88 Å². The number of carboxylic acids is 1. The molecule has 2 N–H and O–H groups in total. The van der Waals surface area contributed by atoms with Gasteiger partial charge in [0.1, 0.15) is 6.54 Å². The maximum absolute atomic E-state index is 11.9. The zero-order valence-electron chi connectivity index (χ0n) is 11.2. The first-order valence-electron chi connectivity index (χ1n) is 5.97. The molecule has 0 saturated carbocycles. The Kier molecular flexibility index (Phi) is 4.44. The molecule has 0 atom stereocenters. The predicted octanol–water partition coefficient (Wildman–Crippen LogP) is -0.304. The summed E-state index contributed by atoms with van der Waals surface area (Å²) in [6.45, 7) is -0.0780. The molecule has 2 heterocycles. The second kappa shape index (κ2) is 6.46. The Bertz CT molecular complexity index is 655. The highest BCUT2D eigenvalue weighted by Gasteiger charge is 2.11. The number of aliphatic carboxylic acids is 1. The minimum atomic E-state index is -1.06. The van der Waals surface area contributed by atoms with Crippen molar-refractivity contribution in [3.05, 3.63) is 35.8 Å². The molecule has 9 heteroatoms. The zero-order chi connectivity index (χ0) is 15.2. The third kappa shape index (κ3) is 4.00. The van der Waals surface area contributed by atoms with Crippen LogP contribution in [0, 0.1) is 0 Å². The Morgan fingerprint density at radius 1 is 1.48 bits per heavy atom. The molecule has 2 rings (SSSR count). The molecule has 9 nitrogen and oxygen atoms in total. The summed E-state index contributed by atoms with van der Waals surface area (Å²) < 4.78 is 6.06. The van der Waals surface area contributed by atoms with Gasteiger partial charge in [0.05, 0.1) is 13.3 Å². The van der Waals surface area contributed by atoms with E-state index in [0.717, 1.165) is 10.2 Å². The van der Waals surface area contributed by atoms with Crippen molar-refractivity contribution < 1.29 is 19.4 Å². The second-order valence-corrected chi connectivity index (χ2v) is 4.08. The van der Waals surface area contributed by atoms with Crippen LogP contribution in [0.3, 0.4) is 0 Å². The number of amides is 1. The van der Waals surface area contributed by atoms with Gasteiger partial charge in [-0.1, -0.05) is 5.21 Å². The lowest BCUT2D eigenvalue weighted by molar-refractivity contribution is -0.137. The number of rotatable bonds is 6. The molecular formula is C12H13N5O4. The Hall–Kier alpha value is -2.97. The van der Waals surface area contributed by atoms with Gasteiger partial charge in [0.2, 0.25) is 5.88 Å². The van der Waals surface area contributed by atoms with E-state index in [1.54, 1.807) is 18.3 Å². The molecule has 0 bridgehead atoms. The van der Waals surface area contributed by atoms with Crippen molar-refractivity contribution in [2.24, 2.45) is 0 Å². The number of hydrogen-bond donors (Lipinski definition) is 2. The van der Waals surface area contributed by atoms with E-state index in [1.807, 2.05) is 0 Å². The number of ether oxygens (including phenoxy) is 1. The molecule has 0 saturated heterocycles. The van der Waals surface area contributed by atoms with Gasteiger partial charge < -0.3 is 15.2 Å². The lowest BCUT2D eigenvalue weighted by Crippen LogP contribution is -2.23. The summed E-state index contributed by atoms with van der Waals surface area (Å²) in [5.74, 6) is -1.05. The topological polar surface area (TPSA) is 119 Å². The van der Waals surface area contributed by atoms with Crippen LogP contribution < -0.4 is 10.1 Å². The standard InChI is InChI=1S/C12H13N5O4/c1-21-10-4-8(2-3-13-10)5-14-12(20)9-6-17(16-15-9)7-11(18)19/h2-4,6H,5,7H2,1H3,(H,14,20)(H,18,19). The van der Waals surface area contributed by atoms with E-state index in [0.29, 0.717) is 5.88 Å². The summed E-state index contributed by atoms with van der Waals surface area (Å²) in [6.07, 6.45) is 2.85. The molecule has 21 heavy (non-hydrogen) atoms. The Labute approximate surface area is 119 Å². The highest BCUT2D eigenvalue weighted by molar-refractivity contribution is 5.91. The maximum atomic E-state index is 11.9. The molecule has 0 fully saturated rings. The van der Waals surface area contributed by atoms with Gasteiger partial charge in [0, 0.05) is 18.8 Å². The number of pyridine rings is 1. The Morgan fingerprint density at radius 2 is 2.29 bits per heavy atom. The number of carbonyl (C=O) groups is 2. The molecular weight excluding hydrogens is 278 g/mol. The predicted molar refractivity (Wildman–Crippen MR) is 69.6 cm³/mol. The van der Waals surface area contributed by atoms with Crippen LogP contribution in [-0.2, 0) is 17.9 Å². The van der Waals surface area contributed by atoms with E-state index in [2.05, 4.69) is 20.6 Å². The first-order chi connectivity index (χ1) is 10.1. The van der Waals surface area contributed by atoms with Gasteiger partial charge in [-0.05, 0) is 11.6 Å². The van der Waals surface area contributed by atoms with Crippen molar-refractivity contribution in [2.45, 2.75) is 13.1 Å². The van der Waals surface area contributed by atoms with Crippen molar-refractivity contribution in [3.63, 3.8) is 0 Å². The lowest BCUT2D eigenvalue weighted by atomic mass is 10.2. The highest BCUT2D eigenvalue weighted by Crippen LogP contribution is 2.08. The molecule has 2 aromatic heterocycles. The van der Waals surface area contributed by atoms with E-state index >= 15 is 0 Å². The van der Waals surface area contributed by atoms with Gasteiger partial charge in [-0.2, -0.15) is 0 Å². The van der Waals surface area contributed by atoms with E-state index < -0.39 is 11.9 Å². The fraction of sp³-hybridized carbons (Fsp3) is 0.250. The number of nitrogens with zero attached hydrogens (tertiary/aromatic N) is 4. The van der Waals surface area contributed by atoms with Gasteiger partial charge in [0.15, 0.2) is 5.69 Å². The summed E-state index contributed by atoms with van der Waals surface area (Å²) >= 11 is 0. The van der Waals surface area contributed by atoms with Crippen LogP contribution in [0.2, 0.25) is 0 Å². The third-order valence-electron chi connectivity index (χ3n) is 2.53. The van der Waals surface area contributed by atoms with E-state index in [9.17, 15) is 9.59 Å². The molecule has 0 aliphatic carbocycles. The average molecular weight is 291 g/mol. The van der Waals surface area contributed by atoms with Crippen molar-refractivity contribution in [2.75, 3.05) is 7.11 Å². The summed E-state index contributed by atoms with van der Waals surface area (Å²) in [5.41, 5.74) is 0.866. The smallest absolute Gasteiger partial charge is 0.325 e. The molecule has 0 unspecified atom stereocenters. The largest absolute Gasteiger partial charge is 0.481 e. The minimum Gasteiger partial charge on any atom is -0.481 e. The Balaban J connectivity index is 1.94. The third-order valence-corrected chi connectivity index (χ3v) is 2.53. The maximum Gasteiger partial charge on any atom is 0.325 e. The number of hydrogen-bond acceptors (Lipinski definition) is 6. The molecule has 0 aromatic carbocycles. The number of nitrogens with one attached hydrogen (secondary N) is 1. The fourth-order valence-corrected chi connectivity index (χ4v) is 1.56. The van der Waals surface area contributed by atoms with Gasteiger partial charge in [0.25, 0.3) is 5.91 Å². The number of aromatic nitrogens is 4.